The molecule has 2 atom stereocenters. The normalized spacial score (nSPS) is 21.1. The minimum absolute atomic E-state index is 0.405. The fourth-order valence-electron chi connectivity index (χ4n) is 2.54. The first-order valence-corrected chi connectivity index (χ1v) is 7.27. The first-order valence-electron chi connectivity index (χ1n) is 7.27. The molecule has 2 heteroatoms. The van der Waals surface area contributed by atoms with Crippen LogP contribution in [0.2, 0.25) is 0 Å². The highest BCUT2D eigenvalue weighted by atomic mass is 16.6. The van der Waals surface area contributed by atoms with Crippen molar-refractivity contribution in [1.82, 2.24) is 4.90 Å². The molecule has 0 aliphatic carbocycles. The van der Waals surface area contributed by atoms with E-state index in [2.05, 4.69) is 72.5 Å². The predicted molar refractivity (Wildman–Crippen MR) is 81.3 cm³/mol. The van der Waals surface area contributed by atoms with Crippen LogP contribution in [0.5, 0.6) is 0 Å². The van der Waals surface area contributed by atoms with E-state index in [-0.39, 0.29) is 0 Å². The quantitative estimate of drug-likeness (QED) is 0.745. The number of nitrogens with zero attached hydrogens (tertiary/aromatic N) is 1. The lowest BCUT2D eigenvalue weighted by molar-refractivity contribution is 0.226. The van der Waals surface area contributed by atoms with Crippen molar-refractivity contribution in [3.05, 3.63) is 71.8 Å². The Kier molecular flexibility index (Phi) is 4.14. The molecule has 0 spiro atoms. The number of hydrogen-bond donors (Lipinski definition) is 0. The summed E-state index contributed by atoms with van der Waals surface area (Å²) < 4.78 is 5.58. The van der Waals surface area contributed by atoms with Crippen LogP contribution >= 0.6 is 0 Å². The number of ether oxygens (including phenoxy) is 1. The smallest absolute Gasteiger partial charge is 0.0965 e. The van der Waals surface area contributed by atoms with Crippen LogP contribution in [0.3, 0.4) is 0 Å². The first kappa shape index (κ1) is 13.3. The molecule has 0 aromatic heterocycles. The molecule has 0 N–H and O–H groups in total. The van der Waals surface area contributed by atoms with Gasteiger partial charge in [0.25, 0.3) is 0 Å². The van der Waals surface area contributed by atoms with Gasteiger partial charge in [-0.3, -0.25) is 4.90 Å². The maximum absolute atomic E-state index is 5.58. The van der Waals surface area contributed by atoms with E-state index in [1.165, 1.54) is 11.1 Å². The van der Waals surface area contributed by atoms with Gasteiger partial charge < -0.3 is 4.74 Å². The molecule has 104 valence electrons. The zero-order valence-corrected chi connectivity index (χ0v) is 11.9. The Labute approximate surface area is 121 Å². The second-order valence-electron chi connectivity index (χ2n) is 5.52. The van der Waals surface area contributed by atoms with Gasteiger partial charge in [-0.05, 0) is 18.1 Å². The molecule has 2 nitrogen and oxygen atoms in total. The Balaban J connectivity index is 1.67. The summed E-state index contributed by atoms with van der Waals surface area (Å²) in [6.07, 6.45) is 0.825. The summed E-state index contributed by atoms with van der Waals surface area (Å²) in [6.45, 7) is 5.10. The van der Waals surface area contributed by atoms with Gasteiger partial charge in [-0.25, -0.2) is 0 Å². The molecule has 0 saturated carbocycles. The van der Waals surface area contributed by atoms with Crippen molar-refractivity contribution in [2.45, 2.75) is 32.2 Å². The van der Waals surface area contributed by atoms with Gasteiger partial charge in [0.15, 0.2) is 0 Å². The van der Waals surface area contributed by atoms with Gasteiger partial charge in [0.05, 0.1) is 12.2 Å². The molecular formula is C18H21NO. The highest BCUT2D eigenvalue weighted by molar-refractivity contribution is 5.17. The Morgan fingerprint density at radius 1 is 0.850 bits per heavy atom. The second-order valence-corrected chi connectivity index (χ2v) is 5.52. The van der Waals surface area contributed by atoms with Crippen LogP contribution in [0.15, 0.2) is 60.7 Å². The molecule has 0 amide bonds. The Hall–Kier alpha value is -1.64. The van der Waals surface area contributed by atoms with Gasteiger partial charge >= 0.3 is 0 Å². The average Bonchev–Trinajstić information content (AvgIpc) is 3.16. The second kappa shape index (κ2) is 6.21. The molecule has 0 radical (unpaired) electrons. The molecule has 2 aromatic carbocycles. The summed E-state index contributed by atoms with van der Waals surface area (Å²) >= 11 is 0. The van der Waals surface area contributed by atoms with E-state index in [4.69, 9.17) is 4.74 Å². The summed E-state index contributed by atoms with van der Waals surface area (Å²) in [5.74, 6) is 0. The van der Waals surface area contributed by atoms with Gasteiger partial charge in [-0.15, -0.1) is 0 Å². The van der Waals surface area contributed by atoms with Crippen molar-refractivity contribution in [3.63, 3.8) is 0 Å². The zero-order valence-electron chi connectivity index (χ0n) is 11.9. The topological polar surface area (TPSA) is 15.8 Å². The largest absolute Gasteiger partial charge is 0.368 e. The Morgan fingerprint density at radius 3 is 1.70 bits per heavy atom. The van der Waals surface area contributed by atoms with Crippen molar-refractivity contribution < 1.29 is 4.74 Å². The van der Waals surface area contributed by atoms with Gasteiger partial charge in [-0.1, -0.05) is 60.7 Å². The van der Waals surface area contributed by atoms with E-state index < -0.39 is 0 Å². The van der Waals surface area contributed by atoms with Crippen molar-refractivity contribution in [1.29, 1.82) is 0 Å². The molecule has 1 heterocycles. The van der Waals surface area contributed by atoms with Gasteiger partial charge in [0.1, 0.15) is 0 Å². The minimum atomic E-state index is 0.405. The Bertz CT molecular complexity index is 484. The molecule has 2 aromatic rings. The third kappa shape index (κ3) is 3.69. The van der Waals surface area contributed by atoms with Crippen LogP contribution < -0.4 is 0 Å². The molecular weight excluding hydrogens is 246 g/mol. The van der Waals surface area contributed by atoms with Crippen molar-refractivity contribution in [2.75, 3.05) is 6.54 Å². The summed E-state index contributed by atoms with van der Waals surface area (Å²) in [5, 5.41) is 0. The maximum atomic E-state index is 5.58. The number of benzene rings is 2. The van der Waals surface area contributed by atoms with E-state index in [0.717, 1.165) is 19.6 Å². The molecule has 3 rings (SSSR count). The van der Waals surface area contributed by atoms with Gasteiger partial charge in [-0.2, -0.15) is 0 Å². The molecule has 0 bridgehead atoms. The van der Waals surface area contributed by atoms with Crippen LogP contribution in [-0.4, -0.2) is 23.7 Å². The standard InChI is InChI=1S/C18H21NO/c1-15-18(20-15)14-19(12-16-8-4-2-5-9-16)13-17-10-6-3-7-11-17/h2-11,15,18H,12-14H2,1H3/t15-,18+/m0/s1. The molecule has 1 aliphatic heterocycles. The summed E-state index contributed by atoms with van der Waals surface area (Å²) in [6, 6.07) is 21.3. The third-order valence-electron chi connectivity index (χ3n) is 3.77. The zero-order chi connectivity index (χ0) is 13.8. The fourth-order valence-corrected chi connectivity index (χ4v) is 2.54. The lowest BCUT2D eigenvalue weighted by Crippen LogP contribution is -2.27. The third-order valence-corrected chi connectivity index (χ3v) is 3.77. The fraction of sp³-hybridized carbons (Fsp3) is 0.333. The number of rotatable bonds is 6. The minimum Gasteiger partial charge on any atom is -0.368 e. The molecule has 0 unspecified atom stereocenters. The van der Waals surface area contributed by atoms with Crippen molar-refractivity contribution in [2.24, 2.45) is 0 Å². The monoisotopic (exact) mass is 267 g/mol. The average molecular weight is 267 g/mol. The van der Waals surface area contributed by atoms with Crippen LogP contribution in [-0.2, 0) is 17.8 Å². The summed E-state index contributed by atoms with van der Waals surface area (Å²) in [5.41, 5.74) is 2.72. The van der Waals surface area contributed by atoms with Crippen LogP contribution in [0.4, 0.5) is 0 Å². The van der Waals surface area contributed by atoms with Crippen LogP contribution in [0.1, 0.15) is 18.1 Å². The lowest BCUT2D eigenvalue weighted by atomic mass is 10.1. The predicted octanol–water partition coefficient (Wildman–Crippen LogP) is 3.48. The molecule has 1 saturated heterocycles. The summed E-state index contributed by atoms with van der Waals surface area (Å²) in [4.78, 5) is 2.47. The van der Waals surface area contributed by atoms with E-state index in [1.54, 1.807) is 0 Å². The summed E-state index contributed by atoms with van der Waals surface area (Å²) in [7, 11) is 0. The SMILES string of the molecule is C[C@@H]1O[C@@H]1CN(Cc1ccccc1)Cc1ccccc1. The van der Waals surface area contributed by atoms with E-state index in [1.807, 2.05) is 0 Å². The van der Waals surface area contributed by atoms with E-state index in [9.17, 15) is 0 Å². The lowest BCUT2D eigenvalue weighted by Gasteiger charge is -2.21. The maximum Gasteiger partial charge on any atom is 0.0965 e. The van der Waals surface area contributed by atoms with Crippen molar-refractivity contribution in [3.8, 4) is 0 Å². The number of epoxide rings is 1. The molecule has 1 fully saturated rings. The molecule has 1 aliphatic rings. The van der Waals surface area contributed by atoms with Crippen LogP contribution in [0.25, 0.3) is 0 Å². The Morgan fingerprint density at radius 2 is 1.30 bits per heavy atom. The van der Waals surface area contributed by atoms with Crippen LogP contribution in [0, 0.1) is 0 Å². The highest BCUT2D eigenvalue weighted by Gasteiger charge is 2.35. The molecule has 20 heavy (non-hydrogen) atoms. The number of hydrogen-bond acceptors (Lipinski definition) is 2. The first-order chi connectivity index (χ1) is 9.81. The van der Waals surface area contributed by atoms with Gasteiger partial charge in [0, 0.05) is 19.6 Å². The highest BCUT2D eigenvalue weighted by Crippen LogP contribution is 2.23. The van der Waals surface area contributed by atoms with E-state index >= 15 is 0 Å². The van der Waals surface area contributed by atoms with Gasteiger partial charge in [0.2, 0.25) is 0 Å². The van der Waals surface area contributed by atoms with Crippen molar-refractivity contribution >= 4 is 0 Å². The van der Waals surface area contributed by atoms with E-state index in [0.29, 0.717) is 12.2 Å².